The zero-order valence-corrected chi connectivity index (χ0v) is 12.3. The van der Waals surface area contributed by atoms with Crippen LogP contribution in [0.4, 0.5) is 0 Å². The summed E-state index contributed by atoms with van der Waals surface area (Å²) in [6.45, 7) is 7.48. The number of rotatable bonds is 11. The van der Waals surface area contributed by atoms with E-state index in [-0.39, 0.29) is 6.61 Å². The molecule has 0 fully saturated rings. The number of nitrogens with one attached hydrogen (secondary N) is 1. The second-order valence-corrected chi connectivity index (χ2v) is 4.81. The van der Waals surface area contributed by atoms with Crippen LogP contribution < -0.4 is 5.32 Å². The minimum Gasteiger partial charge on any atom is -0.394 e. The van der Waals surface area contributed by atoms with Gasteiger partial charge < -0.3 is 19.7 Å². The van der Waals surface area contributed by atoms with Crippen LogP contribution in [0.1, 0.15) is 44.7 Å². The molecule has 1 aromatic heterocycles. The molecule has 0 saturated carbocycles. The lowest BCUT2D eigenvalue weighted by Gasteiger charge is -2.16. The van der Waals surface area contributed by atoms with Crippen LogP contribution >= 0.6 is 0 Å². The smallest absolute Gasteiger partial charge is 0.0698 e. The molecule has 1 unspecified atom stereocenters. The third-order valence-electron chi connectivity index (χ3n) is 3.12. The summed E-state index contributed by atoms with van der Waals surface area (Å²) in [7, 11) is 0. The Balaban J connectivity index is 2.44. The van der Waals surface area contributed by atoms with Gasteiger partial charge in [-0.1, -0.05) is 20.3 Å². The molecule has 0 amide bonds. The van der Waals surface area contributed by atoms with E-state index in [1.807, 2.05) is 0 Å². The molecule has 1 rings (SSSR count). The molecule has 4 nitrogen and oxygen atoms in total. The predicted octanol–water partition coefficient (Wildman–Crippen LogP) is 2.34. The van der Waals surface area contributed by atoms with Crippen molar-refractivity contribution in [2.24, 2.45) is 0 Å². The maximum absolute atomic E-state index is 8.64. The highest BCUT2D eigenvalue weighted by Crippen LogP contribution is 2.18. The van der Waals surface area contributed by atoms with Gasteiger partial charge >= 0.3 is 0 Å². The van der Waals surface area contributed by atoms with Gasteiger partial charge in [-0.25, -0.2) is 0 Å². The van der Waals surface area contributed by atoms with Gasteiger partial charge in [0.2, 0.25) is 0 Å². The minimum atomic E-state index is 0.0937. The molecule has 0 radical (unpaired) electrons. The lowest BCUT2D eigenvalue weighted by Crippen LogP contribution is -2.21. The van der Waals surface area contributed by atoms with E-state index in [9.17, 15) is 0 Å². The predicted molar refractivity (Wildman–Crippen MR) is 78.3 cm³/mol. The zero-order valence-electron chi connectivity index (χ0n) is 12.3. The van der Waals surface area contributed by atoms with Crippen LogP contribution in [0.2, 0.25) is 0 Å². The van der Waals surface area contributed by atoms with Crippen LogP contribution in [0.5, 0.6) is 0 Å². The number of aliphatic hydroxyl groups excluding tert-OH is 1. The standard InChI is InChI=1S/C15H28N2O2/c1-3-5-15(16-7-4-2)14-6-8-17(13-14)9-11-19-12-10-18/h6,8,13,15-16,18H,3-5,7,9-12H2,1-2H3. The summed E-state index contributed by atoms with van der Waals surface area (Å²) in [6.07, 6.45) is 7.83. The van der Waals surface area contributed by atoms with E-state index < -0.39 is 0 Å². The summed E-state index contributed by atoms with van der Waals surface area (Å²) >= 11 is 0. The van der Waals surface area contributed by atoms with Crippen LogP contribution in [-0.2, 0) is 11.3 Å². The summed E-state index contributed by atoms with van der Waals surface area (Å²) in [5.41, 5.74) is 1.36. The quantitative estimate of drug-likeness (QED) is 0.606. The van der Waals surface area contributed by atoms with E-state index >= 15 is 0 Å². The first-order valence-corrected chi connectivity index (χ1v) is 7.39. The number of aromatic nitrogens is 1. The van der Waals surface area contributed by atoms with Gasteiger partial charge in [-0.3, -0.25) is 0 Å². The molecule has 0 aliphatic heterocycles. The van der Waals surface area contributed by atoms with E-state index in [0.29, 0.717) is 19.3 Å². The molecule has 0 saturated heterocycles. The number of hydrogen-bond donors (Lipinski definition) is 2. The highest BCUT2D eigenvalue weighted by molar-refractivity contribution is 5.15. The fourth-order valence-corrected chi connectivity index (χ4v) is 2.13. The molecule has 0 spiro atoms. The molecular weight excluding hydrogens is 240 g/mol. The van der Waals surface area contributed by atoms with Gasteiger partial charge in [0.25, 0.3) is 0 Å². The van der Waals surface area contributed by atoms with Crippen molar-refractivity contribution in [3.05, 3.63) is 24.0 Å². The molecule has 1 aromatic rings. The molecular formula is C15H28N2O2. The zero-order chi connectivity index (χ0) is 13.9. The molecule has 4 heteroatoms. The van der Waals surface area contributed by atoms with Crippen molar-refractivity contribution >= 4 is 0 Å². The van der Waals surface area contributed by atoms with Gasteiger partial charge in [-0.15, -0.1) is 0 Å². The summed E-state index contributed by atoms with van der Waals surface area (Å²) in [5, 5.41) is 12.2. The van der Waals surface area contributed by atoms with Gasteiger partial charge in [0.1, 0.15) is 0 Å². The van der Waals surface area contributed by atoms with E-state index in [1.165, 1.54) is 18.4 Å². The van der Waals surface area contributed by atoms with E-state index in [1.54, 1.807) is 0 Å². The molecule has 0 bridgehead atoms. The van der Waals surface area contributed by atoms with Crippen molar-refractivity contribution in [3.63, 3.8) is 0 Å². The number of ether oxygens (including phenoxy) is 1. The van der Waals surface area contributed by atoms with Gasteiger partial charge in [-0.2, -0.15) is 0 Å². The van der Waals surface area contributed by atoms with E-state index in [2.05, 4.69) is 42.2 Å². The summed E-state index contributed by atoms with van der Waals surface area (Å²) in [5.74, 6) is 0. The average molecular weight is 268 g/mol. The van der Waals surface area contributed by atoms with Crippen LogP contribution in [0.25, 0.3) is 0 Å². The Bertz CT molecular complexity index is 326. The van der Waals surface area contributed by atoms with Crippen molar-refractivity contribution < 1.29 is 9.84 Å². The van der Waals surface area contributed by atoms with E-state index in [4.69, 9.17) is 9.84 Å². The third kappa shape index (κ3) is 6.23. The fraction of sp³-hybridized carbons (Fsp3) is 0.733. The molecule has 1 heterocycles. The van der Waals surface area contributed by atoms with Gasteiger partial charge in [0, 0.05) is 25.0 Å². The largest absolute Gasteiger partial charge is 0.394 e. The second-order valence-electron chi connectivity index (χ2n) is 4.81. The van der Waals surface area contributed by atoms with Gasteiger partial charge in [0.15, 0.2) is 0 Å². The Morgan fingerprint density at radius 3 is 2.84 bits per heavy atom. The number of hydrogen-bond acceptors (Lipinski definition) is 3. The minimum absolute atomic E-state index is 0.0937. The van der Waals surface area contributed by atoms with Gasteiger partial charge in [-0.05, 0) is 31.0 Å². The molecule has 0 aliphatic rings. The number of aliphatic hydroxyl groups is 1. The van der Waals surface area contributed by atoms with Crippen LogP contribution in [0, 0.1) is 0 Å². The average Bonchev–Trinajstić information content (AvgIpc) is 2.88. The summed E-state index contributed by atoms with van der Waals surface area (Å²) in [4.78, 5) is 0. The van der Waals surface area contributed by atoms with Crippen molar-refractivity contribution in [3.8, 4) is 0 Å². The lowest BCUT2D eigenvalue weighted by atomic mass is 10.1. The maximum Gasteiger partial charge on any atom is 0.0698 e. The third-order valence-corrected chi connectivity index (χ3v) is 3.12. The summed E-state index contributed by atoms with van der Waals surface area (Å²) in [6, 6.07) is 2.65. The molecule has 0 aromatic carbocycles. The lowest BCUT2D eigenvalue weighted by molar-refractivity contribution is 0.0870. The molecule has 19 heavy (non-hydrogen) atoms. The van der Waals surface area contributed by atoms with Crippen molar-refractivity contribution in [1.29, 1.82) is 0 Å². The Labute approximate surface area is 116 Å². The fourth-order valence-electron chi connectivity index (χ4n) is 2.13. The number of nitrogens with zero attached hydrogens (tertiary/aromatic N) is 1. The summed E-state index contributed by atoms with van der Waals surface area (Å²) < 4.78 is 7.44. The highest BCUT2D eigenvalue weighted by Gasteiger charge is 2.10. The highest BCUT2D eigenvalue weighted by atomic mass is 16.5. The van der Waals surface area contributed by atoms with Crippen molar-refractivity contribution in [1.82, 2.24) is 9.88 Å². The Kier molecular flexibility index (Phi) is 8.54. The first-order valence-electron chi connectivity index (χ1n) is 7.39. The van der Waals surface area contributed by atoms with Crippen molar-refractivity contribution in [2.75, 3.05) is 26.4 Å². The van der Waals surface area contributed by atoms with Crippen LogP contribution in [0.3, 0.4) is 0 Å². The van der Waals surface area contributed by atoms with E-state index in [0.717, 1.165) is 19.5 Å². The first kappa shape index (κ1) is 16.2. The molecule has 2 N–H and O–H groups in total. The normalized spacial score (nSPS) is 12.8. The van der Waals surface area contributed by atoms with Crippen LogP contribution in [0.15, 0.2) is 18.5 Å². The SMILES string of the molecule is CCCNC(CCC)c1ccn(CCOCCO)c1. The Hall–Kier alpha value is -0.840. The Morgan fingerprint density at radius 2 is 2.16 bits per heavy atom. The van der Waals surface area contributed by atoms with Crippen molar-refractivity contribution in [2.45, 2.75) is 45.7 Å². The Morgan fingerprint density at radius 1 is 1.32 bits per heavy atom. The molecule has 1 atom stereocenters. The first-order chi connectivity index (χ1) is 9.31. The topological polar surface area (TPSA) is 46.4 Å². The molecule has 110 valence electrons. The monoisotopic (exact) mass is 268 g/mol. The molecule has 0 aliphatic carbocycles. The second kappa shape index (κ2) is 10.0. The van der Waals surface area contributed by atoms with Gasteiger partial charge in [0.05, 0.1) is 19.8 Å². The maximum atomic E-state index is 8.64. The van der Waals surface area contributed by atoms with Crippen LogP contribution in [-0.4, -0.2) is 36.0 Å².